The normalized spacial score (nSPS) is 18.2. The van der Waals surface area contributed by atoms with Gasteiger partial charge in [-0.25, -0.2) is 0 Å². The Kier molecular flexibility index (Phi) is 4.71. The molecule has 1 atom stereocenters. The Morgan fingerprint density at radius 3 is 2.71 bits per heavy atom. The fourth-order valence-corrected chi connectivity index (χ4v) is 5.15. The van der Waals surface area contributed by atoms with Gasteiger partial charge in [0.2, 0.25) is 0 Å². The number of benzene rings is 1. The van der Waals surface area contributed by atoms with Gasteiger partial charge in [0.25, 0.3) is 5.91 Å². The first-order valence-corrected chi connectivity index (χ1v) is 9.19. The van der Waals surface area contributed by atoms with Crippen molar-refractivity contribution in [2.24, 2.45) is 0 Å². The van der Waals surface area contributed by atoms with Gasteiger partial charge in [0.15, 0.2) is 0 Å². The third-order valence-electron chi connectivity index (χ3n) is 3.17. The predicted octanol–water partition coefficient (Wildman–Crippen LogP) is 5.60. The standard InChI is InChI=1S/C14H10Cl3NOS2/c15-9-3-1-2-8(6-9)14-18(4-5-20-14)13(19)10-7-11(16)21-12(10)17/h1-3,6-7,14H,4-5H2. The van der Waals surface area contributed by atoms with Crippen molar-refractivity contribution < 1.29 is 4.79 Å². The summed E-state index contributed by atoms with van der Waals surface area (Å²) in [6.45, 7) is 0.685. The summed E-state index contributed by atoms with van der Waals surface area (Å²) >= 11 is 21.0. The van der Waals surface area contributed by atoms with Crippen molar-refractivity contribution in [3.05, 3.63) is 55.2 Å². The molecule has 0 spiro atoms. The van der Waals surface area contributed by atoms with Crippen LogP contribution >= 0.6 is 57.9 Å². The molecule has 21 heavy (non-hydrogen) atoms. The second-order valence-corrected chi connectivity index (χ2v) is 8.42. The number of thiophene rings is 1. The highest BCUT2D eigenvalue weighted by Gasteiger charge is 2.32. The van der Waals surface area contributed by atoms with E-state index in [2.05, 4.69) is 0 Å². The topological polar surface area (TPSA) is 20.3 Å². The van der Waals surface area contributed by atoms with Crippen molar-refractivity contribution in [3.63, 3.8) is 0 Å². The Balaban J connectivity index is 1.90. The summed E-state index contributed by atoms with van der Waals surface area (Å²) < 4.78 is 0.959. The molecular weight excluding hydrogens is 369 g/mol. The lowest BCUT2D eigenvalue weighted by molar-refractivity contribution is 0.0761. The molecule has 0 saturated carbocycles. The average molecular weight is 379 g/mol. The van der Waals surface area contributed by atoms with Gasteiger partial charge in [-0.15, -0.1) is 23.1 Å². The number of carbonyl (C=O) groups excluding carboxylic acids is 1. The first kappa shape index (κ1) is 15.5. The van der Waals surface area contributed by atoms with Gasteiger partial charge in [0.1, 0.15) is 9.71 Å². The van der Waals surface area contributed by atoms with Crippen LogP contribution in [0.4, 0.5) is 0 Å². The van der Waals surface area contributed by atoms with Crippen molar-refractivity contribution >= 4 is 63.8 Å². The number of thioether (sulfide) groups is 1. The number of amides is 1. The van der Waals surface area contributed by atoms with E-state index in [1.165, 1.54) is 11.3 Å². The van der Waals surface area contributed by atoms with Gasteiger partial charge in [0, 0.05) is 17.3 Å². The highest BCUT2D eigenvalue weighted by Crippen LogP contribution is 2.41. The van der Waals surface area contributed by atoms with Crippen LogP contribution in [-0.2, 0) is 0 Å². The van der Waals surface area contributed by atoms with E-state index in [1.54, 1.807) is 17.8 Å². The zero-order valence-corrected chi connectivity index (χ0v) is 14.6. The number of halogens is 3. The largest absolute Gasteiger partial charge is 0.322 e. The van der Waals surface area contributed by atoms with Gasteiger partial charge >= 0.3 is 0 Å². The molecule has 0 aliphatic carbocycles. The Labute approximate surface area is 146 Å². The van der Waals surface area contributed by atoms with E-state index in [-0.39, 0.29) is 11.3 Å². The summed E-state index contributed by atoms with van der Waals surface area (Å²) in [7, 11) is 0. The predicted molar refractivity (Wildman–Crippen MR) is 92.0 cm³/mol. The number of nitrogens with zero attached hydrogens (tertiary/aromatic N) is 1. The van der Waals surface area contributed by atoms with Crippen molar-refractivity contribution in [2.45, 2.75) is 5.37 Å². The van der Waals surface area contributed by atoms with Crippen molar-refractivity contribution in [1.29, 1.82) is 0 Å². The first-order valence-electron chi connectivity index (χ1n) is 6.19. The monoisotopic (exact) mass is 377 g/mol. The molecule has 1 amide bonds. The molecule has 1 aliphatic heterocycles. The molecule has 1 unspecified atom stereocenters. The van der Waals surface area contributed by atoms with E-state index in [1.807, 2.05) is 29.2 Å². The summed E-state index contributed by atoms with van der Waals surface area (Å²) in [6, 6.07) is 9.24. The Hall–Kier alpha value is -0.390. The Morgan fingerprint density at radius 1 is 1.24 bits per heavy atom. The SMILES string of the molecule is O=C(c1cc(Cl)sc1Cl)N1CCSC1c1cccc(Cl)c1. The summed E-state index contributed by atoms with van der Waals surface area (Å²) in [5.41, 5.74) is 1.50. The van der Waals surface area contributed by atoms with Gasteiger partial charge in [-0.1, -0.05) is 46.9 Å². The molecule has 0 radical (unpaired) electrons. The van der Waals surface area contributed by atoms with Crippen LogP contribution < -0.4 is 0 Å². The van der Waals surface area contributed by atoms with E-state index in [4.69, 9.17) is 34.8 Å². The van der Waals surface area contributed by atoms with Gasteiger partial charge < -0.3 is 4.90 Å². The number of hydrogen-bond donors (Lipinski definition) is 0. The van der Waals surface area contributed by atoms with Crippen LogP contribution in [0.1, 0.15) is 21.3 Å². The van der Waals surface area contributed by atoms with Crippen LogP contribution in [-0.4, -0.2) is 23.1 Å². The minimum atomic E-state index is -0.0851. The molecule has 7 heteroatoms. The van der Waals surface area contributed by atoms with E-state index in [0.29, 0.717) is 25.8 Å². The van der Waals surface area contributed by atoms with E-state index in [0.717, 1.165) is 11.3 Å². The minimum Gasteiger partial charge on any atom is -0.322 e. The molecule has 1 aromatic carbocycles. The third-order valence-corrected chi connectivity index (χ3v) is 6.16. The Bertz CT molecular complexity index is 689. The third kappa shape index (κ3) is 3.20. The smallest absolute Gasteiger partial charge is 0.257 e. The lowest BCUT2D eigenvalue weighted by Gasteiger charge is -2.24. The molecule has 1 saturated heterocycles. The van der Waals surface area contributed by atoms with E-state index in [9.17, 15) is 4.79 Å². The maximum Gasteiger partial charge on any atom is 0.257 e. The first-order chi connectivity index (χ1) is 10.1. The minimum absolute atomic E-state index is 0.0362. The van der Waals surface area contributed by atoms with Crippen LogP contribution in [0.5, 0.6) is 0 Å². The Morgan fingerprint density at radius 2 is 2.05 bits per heavy atom. The van der Waals surface area contributed by atoms with E-state index < -0.39 is 0 Å². The molecule has 110 valence electrons. The van der Waals surface area contributed by atoms with Gasteiger partial charge in [-0.3, -0.25) is 4.79 Å². The van der Waals surface area contributed by atoms with Crippen molar-refractivity contribution in [3.8, 4) is 0 Å². The number of carbonyl (C=O) groups is 1. The van der Waals surface area contributed by atoms with Crippen LogP contribution in [0.3, 0.4) is 0 Å². The van der Waals surface area contributed by atoms with Gasteiger partial charge in [-0.2, -0.15) is 0 Å². The molecule has 1 aliphatic rings. The quantitative estimate of drug-likeness (QED) is 0.678. The van der Waals surface area contributed by atoms with Crippen LogP contribution in [0.2, 0.25) is 13.7 Å². The summed E-state index contributed by atoms with van der Waals surface area (Å²) in [4.78, 5) is 14.5. The summed E-state index contributed by atoms with van der Waals surface area (Å²) in [5.74, 6) is 0.802. The second kappa shape index (κ2) is 6.39. The number of hydrogen-bond acceptors (Lipinski definition) is 3. The van der Waals surface area contributed by atoms with Gasteiger partial charge in [-0.05, 0) is 23.8 Å². The highest BCUT2D eigenvalue weighted by molar-refractivity contribution is 7.99. The molecule has 0 N–H and O–H groups in total. The fraction of sp³-hybridized carbons (Fsp3) is 0.214. The zero-order valence-electron chi connectivity index (χ0n) is 10.7. The fourth-order valence-electron chi connectivity index (χ4n) is 2.26. The van der Waals surface area contributed by atoms with Crippen molar-refractivity contribution in [2.75, 3.05) is 12.3 Å². The average Bonchev–Trinajstić information content (AvgIpc) is 3.04. The second-order valence-electron chi connectivity index (χ2n) is 4.51. The number of rotatable bonds is 2. The molecule has 2 nitrogen and oxygen atoms in total. The molecule has 0 bridgehead atoms. The molecule has 2 heterocycles. The summed E-state index contributed by atoms with van der Waals surface area (Å²) in [6.07, 6.45) is 0. The molecule has 1 fully saturated rings. The van der Waals surface area contributed by atoms with Crippen LogP contribution in [0.25, 0.3) is 0 Å². The van der Waals surface area contributed by atoms with Crippen LogP contribution in [0, 0.1) is 0 Å². The summed E-state index contributed by atoms with van der Waals surface area (Å²) in [5, 5.41) is 0.634. The van der Waals surface area contributed by atoms with Gasteiger partial charge in [0.05, 0.1) is 9.90 Å². The van der Waals surface area contributed by atoms with E-state index >= 15 is 0 Å². The zero-order chi connectivity index (χ0) is 15.0. The van der Waals surface area contributed by atoms with Crippen LogP contribution in [0.15, 0.2) is 30.3 Å². The van der Waals surface area contributed by atoms with Crippen molar-refractivity contribution in [1.82, 2.24) is 4.90 Å². The molecule has 1 aromatic heterocycles. The maximum atomic E-state index is 12.7. The molecule has 3 rings (SSSR count). The molecule has 2 aromatic rings. The maximum absolute atomic E-state index is 12.7. The molecular formula is C14H10Cl3NOS2. The lowest BCUT2D eigenvalue weighted by atomic mass is 10.2. The highest BCUT2D eigenvalue weighted by atomic mass is 35.5. The lowest BCUT2D eigenvalue weighted by Crippen LogP contribution is -2.30.